The van der Waals surface area contributed by atoms with Gasteiger partial charge in [-0.2, -0.15) is 0 Å². The zero-order valence-corrected chi connectivity index (χ0v) is 24.2. The van der Waals surface area contributed by atoms with Gasteiger partial charge in [0, 0.05) is 22.1 Å². The molecule has 4 aromatic rings. The first-order valence-electron chi connectivity index (χ1n) is 12.2. The summed E-state index contributed by atoms with van der Waals surface area (Å²) in [6.07, 6.45) is 6.06. The maximum Gasteiger partial charge on any atom is 0.254 e. The molecule has 0 spiro atoms. The Morgan fingerprint density at radius 2 is 1.76 bits per heavy atom. The fourth-order valence-electron chi connectivity index (χ4n) is 4.33. The number of aliphatic imine (C=N–C) groups is 1. The van der Waals surface area contributed by atoms with E-state index in [1.54, 1.807) is 11.3 Å². The topological polar surface area (TPSA) is 50.7 Å². The van der Waals surface area contributed by atoms with Gasteiger partial charge in [0.2, 0.25) is 0 Å². The van der Waals surface area contributed by atoms with E-state index in [-0.39, 0.29) is 5.91 Å². The molecule has 1 amide bonds. The SMILES string of the molecule is O=C(NCc1ccccc1)c1c(N=Cc2ccc(OCc3ccc(Br)cc3)c(Br)c2)sc2c1CCCC2. The Bertz CT molecular complexity index is 1420. The molecule has 0 fully saturated rings. The minimum atomic E-state index is -0.0479. The standard InChI is InChI=1S/C30H26Br2N2O2S/c31-23-13-10-21(11-14-23)19-36-26-15-12-22(16-25(26)32)18-34-30-28(24-8-4-5-9-27(24)37-30)29(35)33-17-20-6-2-1-3-7-20/h1-3,6-7,10-16,18H,4-5,8-9,17,19H2,(H,33,35). The van der Waals surface area contributed by atoms with Crippen molar-refractivity contribution in [1.82, 2.24) is 5.32 Å². The number of fused-ring (bicyclic) bond motifs is 1. The first-order chi connectivity index (χ1) is 18.1. The maximum atomic E-state index is 13.3. The lowest BCUT2D eigenvalue weighted by Gasteiger charge is -2.13. The first-order valence-corrected chi connectivity index (χ1v) is 14.6. The Hall–Kier alpha value is -2.74. The van der Waals surface area contributed by atoms with Crippen LogP contribution in [0.25, 0.3) is 0 Å². The summed E-state index contributed by atoms with van der Waals surface area (Å²) in [5, 5.41) is 3.89. The summed E-state index contributed by atoms with van der Waals surface area (Å²) in [7, 11) is 0. The van der Waals surface area contributed by atoms with Crippen molar-refractivity contribution in [3.8, 4) is 5.75 Å². The maximum absolute atomic E-state index is 13.3. The highest BCUT2D eigenvalue weighted by atomic mass is 79.9. The van der Waals surface area contributed by atoms with Crippen LogP contribution in [0.2, 0.25) is 0 Å². The van der Waals surface area contributed by atoms with Gasteiger partial charge in [-0.3, -0.25) is 4.79 Å². The fourth-order valence-corrected chi connectivity index (χ4v) is 6.34. The van der Waals surface area contributed by atoms with Crippen molar-refractivity contribution in [3.63, 3.8) is 0 Å². The third-order valence-electron chi connectivity index (χ3n) is 6.27. The second-order valence-corrected chi connectivity index (χ2v) is 11.8. The monoisotopic (exact) mass is 636 g/mol. The summed E-state index contributed by atoms with van der Waals surface area (Å²) in [5.74, 6) is 0.723. The van der Waals surface area contributed by atoms with Crippen LogP contribution in [0.5, 0.6) is 5.75 Å². The Balaban J connectivity index is 1.31. The molecule has 0 radical (unpaired) electrons. The van der Waals surface area contributed by atoms with Crippen LogP contribution in [-0.4, -0.2) is 12.1 Å². The van der Waals surface area contributed by atoms with Gasteiger partial charge in [-0.15, -0.1) is 11.3 Å². The summed E-state index contributed by atoms with van der Waals surface area (Å²) in [6, 6.07) is 24.0. The molecule has 0 atom stereocenters. The number of nitrogens with zero attached hydrogens (tertiary/aromatic N) is 1. The molecule has 1 aliphatic rings. The van der Waals surface area contributed by atoms with E-state index in [0.717, 1.165) is 67.6 Å². The number of benzene rings is 3. The number of rotatable bonds is 8. The summed E-state index contributed by atoms with van der Waals surface area (Å²) >= 11 is 8.73. The predicted octanol–water partition coefficient (Wildman–Crippen LogP) is 8.41. The predicted molar refractivity (Wildman–Crippen MR) is 158 cm³/mol. The molecule has 0 saturated carbocycles. The van der Waals surface area contributed by atoms with E-state index in [1.165, 1.54) is 10.4 Å². The number of hydrogen-bond acceptors (Lipinski definition) is 4. The largest absolute Gasteiger partial charge is 0.488 e. The Morgan fingerprint density at radius 3 is 2.54 bits per heavy atom. The van der Waals surface area contributed by atoms with Crippen LogP contribution in [0.4, 0.5) is 5.00 Å². The van der Waals surface area contributed by atoms with Crippen LogP contribution in [0, 0.1) is 0 Å². The van der Waals surface area contributed by atoms with Crippen molar-refractivity contribution >= 4 is 60.3 Å². The van der Waals surface area contributed by atoms with E-state index < -0.39 is 0 Å². The van der Waals surface area contributed by atoms with Crippen LogP contribution < -0.4 is 10.1 Å². The van der Waals surface area contributed by atoms with E-state index in [2.05, 4.69) is 37.2 Å². The van der Waals surface area contributed by atoms with Crippen LogP contribution in [0.1, 0.15) is 50.3 Å². The highest BCUT2D eigenvalue weighted by molar-refractivity contribution is 9.10. The van der Waals surface area contributed by atoms with Crippen molar-refractivity contribution in [2.75, 3.05) is 0 Å². The second kappa shape index (κ2) is 12.2. The summed E-state index contributed by atoms with van der Waals surface area (Å²) < 4.78 is 7.90. The van der Waals surface area contributed by atoms with Crippen LogP contribution in [-0.2, 0) is 26.0 Å². The van der Waals surface area contributed by atoms with Gasteiger partial charge in [0.1, 0.15) is 17.4 Å². The molecule has 0 aliphatic heterocycles. The molecule has 188 valence electrons. The molecule has 1 N–H and O–H groups in total. The molecule has 1 aromatic heterocycles. The number of carbonyl (C=O) groups excluding carboxylic acids is 1. The van der Waals surface area contributed by atoms with Gasteiger partial charge in [-0.25, -0.2) is 4.99 Å². The normalized spacial score (nSPS) is 12.9. The Labute approximate surface area is 238 Å². The van der Waals surface area contributed by atoms with E-state index in [4.69, 9.17) is 9.73 Å². The zero-order valence-electron chi connectivity index (χ0n) is 20.2. The highest BCUT2D eigenvalue weighted by Crippen LogP contribution is 2.40. The van der Waals surface area contributed by atoms with Gasteiger partial charge in [-0.05, 0) is 94.2 Å². The zero-order chi connectivity index (χ0) is 25.6. The third-order valence-corrected chi connectivity index (χ3v) is 8.62. The van der Waals surface area contributed by atoms with E-state index in [9.17, 15) is 4.79 Å². The number of thiophene rings is 1. The fraction of sp³-hybridized carbons (Fsp3) is 0.200. The number of aryl methyl sites for hydroxylation is 1. The van der Waals surface area contributed by atoms with Gasteiger partial charge < -0.3 is 10.1 Å². The Kier molecular flexibility index (Phi) is 8.54. The molecule has 0 unspecified atom stereocenters. The van der Waals surface area contributed by atoms with E-state index in [0.29, 0.717) is 13.2 Å². The molecule has 0 bridgehead atoms. The van der Waals surface area contributed by atoms with E-state index >= 15 is 0 Å². The van der Waals surface area contributed by atoms with E-state index in [1.807, 2.05) is 79.0 Å². The van der Waals surface area contributed by atoms with Gasteiger partial charge in [-0.1, -0.05) is 58.4 Å². The van der Waals surface area contributed by atoms with Crippen LogP contribution >= 0.6 is 43.2 Å². The number of ether oxygens (including phenoxy) is 1. The lowest BCUT2D eigenvalue weighted by atomic mass is 9.95. The third kappa shape index (κ3) is 6.58. The molecular formula is C30H26Br2N2O2S. The summed E-state index contributed by atoms with van der Waals surface area (Å²) in [4.78, 5) is 19.4. The smallest absolute Gasteiger partial charge is 0.254 e. The van der Waals surface area contributed by atoms with Crippen LogP contribution in [0.3, 0.4) is 0 Å². The van der Waals surface area contributed by atoms with Crippen molar-refractivity contribution in [1.29, 1.82) is 0 Å². The van der Waals surface area contributed by atoms with Crippen molar-refractivity contribution in [2.24, 2.45) is 4.99 Å². The van der Waals surface area contributed by atoms with Gasteiger partial charge in [0.15, 0.2) is 0 Å². The molecule has 3 aromatic carbocycles. The second-order valence-electron chi connectivity index (χ2n) is 8.92. The molecule has 37 heavy (non-hydrogen) atoms. The van der Waals surface area contributed by atoms with Crippen molar-refractivity contribution in [2.45, 2.75) is 38.8 Å². The molecule has 1 aliphatic carbocycles. The molecule has 1 heterocycles. The molecular weight excluding hydrogens is 612 g/mol. The minimum absolute atomic E-state index is 0.0479. The average molecular weight is 638 g/mol. The van der Waals surface area contributed by atoms with Gasteiger partial charge >= 0.3 is 0 Å². The Morgan fingerprint density at radius 1 is 0.973 bits per heavy atom. The summed E-state index contributed by atoms with van der Waals surface area (Å²) in [5.41, 5.74) is 5.02. The van der Waals surface area contributed by atoms with Crippen molar-refractivity contribution in [3.05, 3.63) is 114 Å². The number of halogens is 2. The molecule has 4 nitrogen and oxygen atoms in total. The molecule has 5 rings (SSSR count). The molecule has 0 saturated heterocycles. The number of hydrogen-bond donors (Lipinski definition) is 1. The molecule has 7 heteroatoms. The summed E-state index contributed by atoms with van der Waals surface area (Å²) in [6.45, 7) is 0.990. The highest BCUT2D eigenvalue weighted by Gasteiger charge is 2.25. The lowest BCUT2D eigenvalue weighted by molar-refractivity contribution is 0.0951. The van der Waals surface area contributed by atoms with Crippen molar-refractivity contribution < 1.29 is 9.53 Å². The quantitative estimate of drug-likeness (QED) is 0.197. The first kappa shape index (κ1) is 25.9. The average Bonchev–Trinajstić information content (AvgIpc) is 3.30. The van der Waals surface area contributed by atoms with Gasteiger partial charge in [0.05, 0.1) is 10.0 Å². The number of nitrogens with one attached hydrogen (secondary N) is 1. The number of amides is 1. The lowest BCUT2D eigenvalue weighted by Crippen LogP contribution is -2.24. The minimum Gasteiger partial charge on any atom is -0.488 e. The number of carbonyl (C=O) groups is 1. The van der Waals surface area contributed by atoms with Crippen LogP contribution in [0.15, 0.2) is 86.7 Å². The van der Waals surface area contributed by atoms with Gasteiger partial charge in [0.25, 0.3) is 5.91 Å².